The fraction of sp³-hybridized carbons (Fsp3) is 0.609. The summed E-state index contributed by atoms with van der Waals surface area (Å²) in [5, 5.41) is 3.04. The van der Waals surface area contributed by atoms with Gasteiger partial charge in [0.15, 0.2) is 0 Å². The van der Waals surface area contributed by atoms with Gasteiger partial charge < -0.3 is 15.1 Å². The second-order valence-electron chi connectivity index (χ2n) is 8.70. The second kappa shape index (κ2) is 8.17. The molecule has 1 aromatic carbocycles. The SMILES string of the molecule is CC(=O)N1CCCN(C(=O)C2(c3ccccc3)CC2)CCNC(=O)[C@@H]2CCC[C@@H]21. The zero-order chi connectivity index (χ0) is 20.4. The maximum Gasteiger partial charge on any atom is 0.233 e. The third kappa shape index (κ3) is 3.89. The van der Waals surface area contributed by atoms with Crippen molar-refractivity contribution >= 4 is 17.7 Å². The Morgan fingerprint density at radius 1 is 1.03 bits per heavy atom. The van der Waals surface area contributed by atoms with Gasteiger partial charge in [0.1, 0.15) is 0 Å². The van der Waals surface area contributed by atoms with Gasteiger partial charge in [-0.2, -0.15) is 0 Å². The molecular formula is C23H31N3O3. The summed E-state index contributed by atoms with van der Waals surface area (Å²) in [6, 6.07) is 10.0. The lowest BCUT2D eigenvalue weighted by Crippen LogP contribution is -2.46. The summed E-state index contributed by atoms with van der Waals surface area (Å²) in [6.45, 7) is 3.80. The van der Waals surface area contributed by atoms with Crippen LogP contribution in [0.1, 0.15) is 51.0 Å². The highest BCUT2D eigenvalue weighted by Gasteiger charge is 2.52. The topological polar surface area (TPSA) is 69.7 Å². The number of nitrogens with one attached hydrogen (secondary N) is 1. The molecule has 6 heteroatoms. The van der Waals surface area contributed by atoms with Gasteiger partial charge in [0.25, 0.3) is 0 Å². The Balaban J connectivity index is 1.51. The van der Waals surface area contributed by atoms with Crippen molar-refractivity contribution in [3.8, 4) is 0 Å². The van der Waals surface area contributed by atoms with Crippen LogP contribution < -0.4 is 5.32 Å². The number of nitrogens with zero attached hydrogens (tertiary/aromatic N) is 2. The molecule has 1 saturated heterocycles. The van der Waals surface area contributed by atoms with E-state index in [0.717, 1.165) is 44.1 Å². The molecule has 1 aliphatic heterocycles. The van der Waals surface area contributed by atoms with Gasteiger partial charge in [-0.25, -0.2) is 0 Å². The molecule has 0 spiro atoms. The molecule has 0 bridgehead atoms. The van der Waals surface area contributed by atoms with Crippen molar-refractivity contribution in [3.63, 3.8) is 0 Å². The molecule has 29 heavy (non-hydrogen) atoms. The Kier molecular flexibility index (Phi) is 5.61. The number of hydrogen-bond acceptors (Lipinski definition) is 3. The van der Waals surface area contributed by atoms with Crippen LogP contribution in [0.2, 0.25) is 0 Å². The number of rotatable bonds is 2. The maximum absolute atomic E-state index is 13.5. The molecule has 156 valence electrons. The molecule has 3 aliphatic rings. The predicted octanol–water partition coefficient (Wildman–Crippen LogP) is 2.08. The molecule has 4 rings (SSSR count). The predicted molar refractivity (Wildman–Crippen MR) is 110 cm³/mol. The number of carbonyl (C=O) groups is 3. The summed E-state index contributed by atoms with van der Waals surface area (Å²) < 4.78 is 0. The molecule has 0 radical (unpaired) electrons. The average molecular weight is 398 g/mol. The van der Waals surface area contributed by atoms with Crippen molar-refractivity contribution in [1.29, 1.82) is 0 Å². The summed E-state index contributed by atoms with van der Waals surface area (Å²) in [5.41, 5.74) is 0.686. The third-order valence-corrected chi connectivity index (χ3v) is 6.90. The summed E-state index contributed by atoms with van der Waals surface area (Å²) in [6.07, 6.45) is 5.20. The number of fused-ring (bicyclic) bond motifs is 1. The highest BCUT2D eigenvalue weighted by atomic mass is 16.2. The molecule has 3 fully saturated rings. The second-order valence-corrected chi connectivity index (χ2v) is 8.70. The normalized spacial score (nSPS) is 26.9. The van der Waals surface area contributed by atoms with Gasteiger partial charge in [0.05, 0.1) is 11.3 Å². The molecule has 0 aromatic heterocycles. The minimum atomic E-state index is -0.401. The van der Waals surface area contributed by atoms with Crippen LogP contribution in [-0.2, 0) is 19.8 Å². The van der Waals surface area contributed by atoms with Crippen molar-refractivity contribution in [2.75, 3.05) is 26.2 Å². The van der Waals surface area contributed by atoms with Crippen molar-refractivity contribution in [1.82, 2.24) is 15.1 Å². The Morgan fingerprint density at radius 3 is 2.48 bits per heavy atom. The van der Waals surface area contributed by atoms with Crippen molar-refractivity contribution in [3.05, 3.63) is 35.9 Å². The molecule has 0 unspecified atom stereocenters. The first-order chi connectivity index (χ1) is 14.0. The Labute approximate surface area is 172 Å². The summed E-state index contributed by atoms with van der Waals surface area (Å²) >= 11 is 0. The molecule has 2 aliphatic carbocycles. The number of hydrogen-bond donors (Lipinski definition) is 1. The van der Waals surface area contributed by atoms with Crippen LogP contribution in [0.4, 0.5) is 0 Å². The van der Waals surface area contributed by atoms with E-state index in [4.69, 9.17) is 0 Å². The van der Waals surface area contributed by atoms with Crippen molar-refractivity contribution < 1.29 is 14.4 Å². The average Bonchev–Trinajstić information content (AvgIpc) is 3.40. The van der Waals surface area contributed by atoms with E-state index in [1.54, 1.807) is 6.92 Å². The molecule has 2 atom stereocenters. The minimum absolute atomic E-state index is 0.00570. The molecular weight excluding hydrogens is 366 g/mol. The Hall–Kier alpha value is -2.37. The summed E-state index contributed by atoms with van der Waals surface area (Å²) in [5.74, 6) is 0.0824. The van der Waals surface area contributed by atoms with Crippen LogP contribution >= 0.6 is 0 Å². The summed E-state index contributed by atoms with van der Waals surface area (Å²) in [7, 11) is 0. The molecule has 2 saturated carbocycles. The number of amides is 3. The largest absolute Gasteiger partial charge is 0.354 e. The van der Waals surface area contributed by atoms with E-state index in [0.29, 0.717) is 26.2 Å². The molecule has 1 N–H and O–H groups in total. The Morgan fingerprint density at radius 2 is 1.79 bits per heavy atom. The third-order valence-electron chi connectivity index (χ3n) is 6.90. The minimum Gasteiger partial charge on any atom is -0.354 e. The van der Waals surface area contributed by atoms with Crippen molar-refractivity contribution in [2.24, 2.45) is 5.92 Å². The lowest BCUT2D eigenvalue weighted by molar-refractivity contribution is -0.135. The fourth-order valence-corrected chi connectivity index (χ4v) is 5.18. The smallest absolute Gasteiger partial charge is 0.233 e. The van der Waals surface area contributed by atoms with Crippen LogP contribution in [0, 0.1) is 5.92 Å². The monoisotopic (exact) mass is 397 g/mol. The first kappa shape index (κ1) is 19.9. The maximum atomic E-state index is 13.5. The van der Waals surface area contributed by atoms with Gasteiger partial charge in [-0.3, -0.25) is 14.4 Å². The van der Waals surface area contributed by atoms with Gasteiger partial charge in [0, 0.05) is 39.1 Å². The van der Waals surface area contributed by atoms with Gasteiger partial charge >= 0.3 is 0 Å². The van der Waals surface area contributed by atoms with E-state index in [1.165, 1.54) is 0 Å². The van der Waals surface area contributed by atoms with Crippen LogP contribution in [0.25, 0.3) is 0 Å². The van der Waals surface area contributed by atoms with Crippen LogP contribution in [0.5, 0.6) is 0 Å². The lowest BCUT2D eigenvalue weighted by atomic mass is 9.94. The molecule has 1 aromatic rings. The van der Waals surface area contributed by atoms with Crippen LogP contribution in [-0.4, -0.2) is 59.7 Å². The van der Waals surface area contributed by atoms with Gasteiger partial charge in [0.2, 0.25) is 17.7 Å². The molecule has 1 heterocycles. The van der Waals surface area contributed by atoms with Gasteiger partial charge in [-0.05, 0) is 37.7 Å². The number of benzene rings is 1. The van der Waals surface area contributed by atoms with Gasteiger partial charge in [-0.1, -0.05) is 36.8 Å². The fourth-order valence-electron chi connectivity index (χ4n) is 5.18. The first-order valence-corrected chi connectivity index (χ1v) is 10.9. The van der Waals surface area contributed by atoms with Crippen LogP contribution in [0.3, 0.4) is 0 Å². The zero-order valence-corrected chi connectivity index (χ0v) is 17.2. The van der Waals surface area contributed by atoms with E-state index >= 15 is 0 Å². The van der Waals surface area contributed by atoms with E-state index in [9.17, 15) is 14.4 Å². The zero-order valence-electron chi connectivity index (χ0n) is 17.2. The number of carbonyl (C=O) groups excluding carboxylic acids is 3. The standard InChI is InChI=1S/C23H31N3O3/c1-17(27)26-15-6-14-25(16-13-24-21(28)19-9-5-10-20(19)26)22(29)23(11-12-23)18-7-3-2-4-8-18/h2-4,7-8,19-20H,5-6,9-16H2,1H3,(H,24,28)/t19-,20+/m1/s1. The highest BCUT2D eigenvalue weighted by molar-refractivity contribution is 5.91. The van der Waals surface area contributed by atoms with E-state index in [-0.39, 0.29) is 29.7 Å². The summed E-state index contributed by atoms with van der Waals surface area (Å²) in [4.78, 5) is 42.3. The lowest BCUT2D eigenvalue weighted by Gasteiger charge is -2.32. The molecule has 3 amide bonds. The van der Waals surface area contributed by atoms with E-state index in [1.807, 2.05) is 40.1 Å². The quantitative estimate of drug-likeness (QED) is 0.831. The van der Waals surface area contributed by atoms with E-state index < -0.39 is 5.41 Å². The van der Waals surface area contributed by atoms with Gasteiger partial charge in [-0.15, -0.1) is 0 Å². The first-order valence-electron chi connectivity index (χ1n) is 10.9. The Bertz CT molecular complexity index is 775. The van der Waals surface area contributed by atoms with E-state index in [2.05, 4.69) is 5.32 Å². The highest BCUT2D eigenvalue weighted by Crippen LogP contribution is 2.49. The molecule has 6 nitrogen and oxygen atoms in total. The van der Waals surface area contributed by atoms with Crippen molar-refractivity contribution in [2.45, 2.75) is 56.9 Å². The van der Waals surface area contributed by atoms with Crippen LogP contribution in [0.15, 0.2) is 30.3 Å².